The first-order chi connectivity index (χ1) is 11.1. The van der Waals surface area contributed by atoms with Crippen molar-refractivity contribution in [2.45, 2.75) is 13.3 Å². The van der Waals surface area contributed by atoms with E-state index in [1.807, 2.05) is 6.92 Å². The van der Waals surface area contributed by atoms with Crippen molar-refractivity contribution in [2.75, 3.05) is 6.61 Å². The molecule has 0 N–H and O–H groups in total. The van der Waals surface area contributed by atoms with E-state index in [4.69, 9.17) is 9.47 Å². The molecule has 1 heterocycles. The predicted molar refractivity (Wildman–Crippen MR) is 77.6 cm³/mol. The third-order valence-corrected chi connectivity index (χ3v) is 2.55. The molecule has 0 spiro atoms. The largest absolute Gasteiger partial charge is 0.457 e. The number of rotatable bonds is 5. The maximum Gasteiger partial charge on any atom is 0.422 e. The number of pyridine rings is 1. The number of aromatic nitrogens is 1. The molecule has 0 aliphatic carbocycles. The van der Waals surface area contributed by atoms with Crippen LogP contribution in [-0.4, -0.2) is 23.5 Å². The molecule has 0 saturated carbocycles. The maximum atomic E-state index is 12.9. The van der Waals surface area contributed by atoms with Crippen molar-refractivity contribution in [1.82, 2.24) is 4.98 Å². The molecule has 0 fully saturated rings. The lowest BCUT2D eigenvalue weighted by molar-refractivity contribution is -0.162. The molecule has 0 bridgehead atoms. The fraction of sp³-hybridized carbons (Fsp3) is 0.188. The Hall–Kier alpha value is -2.96. The van der Waals surface area contributed by atoms with Crippen LogP contribution in [0.4, 0.5) is 4.39 Å². The zero-order valence-corrected chi connectivity index (χ0v) is 12.3. The normalized spacial score (nSPS) is 10.0. The summed E-state index contributed by atoms with van der Waals surface area (Å²) < 4.78 is 27.8. The van der Waals surface area contributed by atoms with Crippen molar-refractivity contribution >= 4 is 11.9 Å². The number of carbonyl (C=O) groups is 2. The topological polar surface area (TPSA) is 74.7 Å². The number of halogens is 1. The minimum Gasteiger partial charge on any atom is -0.457 e. The highest BCUT2D eigenvalue weighted by Gasteiger charge is 2.17. The van der Waals surface area contributed by atoms with E-state index < -0.39 is 17.9 Å². The van der Waals surface area contributed by atoms with Gasteiger partial charge >= 0.3 is 11.9 Å². The number of nitrogens with zero attached hydrogens (tertiary/aromatic N) is 1. The first-order valence-corrected chi connectivity index (χ1v) is 6.88. The molecule has 1 aromatic heterocycles. The Morgan fingerprint density at radius 3 is 2.39 bits per heavy atom. The third-order valence-electron chi connectivity index (χ3n) is 2.55. The van der Waals surface area contributed by atoms with Gasteiger partial charge in [-0.25, -0.2) is 9.59 Å². The molecule has 7 heteroatoms. The van der Waals surface area contributed by atoms with Crippen molar-refractivity contribution in [1.29, 1.82) is 0 Å². The molecule has 6 nitrogen and oxygen atoms in total. The standard InChI is InChI=1S/C16H14FNO5/c1-2-10-21-15(19)16(20)23-12-8-6-11(7-9-12)22-14-5-3-4-13(17)18-14/h3-9H,2,10H2,1H3. The molecular formula is C16H14FNO5. The van der Waals surface area contributed by atoms with Crippen molar-refractivity contribution < 1.29 is 28.2 Å². The first-order valence-electron chi connectivity index (χ1n) is 6.88. The van der Waals surface area contributed by atoms with E-state index in [0.29, 0.717) is 12.2 Å². The third kappa shape index (κ3) is 5.06. The van der Waals surface area contributed by atoms with Crippen LogP contribution < -0.4 is 9.47 Å². The van der Waals surface area contributed by atoms with E-state index in [0.717, 1.165) is 0 Å². The van der Waals surface area contributed by atoms with Gasteiger partial charge in [0.25, 0.3) is 0 Å². The second-order valence-electron chi connectivity index (χ2n) is 4.40. The Labute approximate surface area is 131 Å². The van der Waals surface area contributed by atoms with Crippen molar-refractivity contribution in [2.24, 2.45) is 0 Å². The second kappa shape index (κ2) is 7.88. The molecule has 1 aromatic carbocycles. The molecular weight excluding hydrogens is 305 g/mol. The van der Waals surface area contributed by atoms with Gasteiger partial charge in [0.1, 0.15) is 11.5 Å². The molecule has 0 aliphatic heterocycles. The fourth-order valence-corrected chi connectivity index (χ4v) is 1.55. The Kier molecular flexibility index (Phi) is 5.62. The average Bonchev–Trinajstić information content (AvgIpc) is 2.54. The minimum atomic E-state index is -1.10. The lowest BCUT2D eigenvalue weighted by atomic mass is 10.3. The van der Waals surface area contributed by atoms with Gasteiger partial charge in [-0.2, -0.15) is 9.37 Å². The van der Waals surface area contributed by atoms with E-state index >= 15 is 0 Å². The molecule has 2 aromatic rings. The van der Waals surface area contributed by atoms with E-state index in [1.165, 1.54) is 42.5 Å². The summed E-state index contributed by atoms with van der Waals surface area (Å²) in [5.41, 5.74) is 0. The van der Waals surface area contributed by atoms with Crippen LogP contribution in [0.25, 0.3) is 0 Å². The quantitative estimate of drug-likeness (QED) is 0.365. The summed E-state index contributed by atoms with van der Waals surface area (Å²) >= 11 is 0. The van der Waals surface area contributed by atoms with Crippen LogP contribution in [0.1, 0.15) is 13.3 Å². The summed E-state index contributed by atoms with van der Waals surface area (Å²) in [6.45, 7) is 1.96. The second-order valence-corrected chi connectivity index (χ2v) is 4.40. The molecule has 120 valence electrons. The molecule has 0 radical (unpaired) electrons. The van der Waals surface area contributed by atoms with Gasteiger partial charge in [-0.15, -0.1) is 0 Å². The molecule has 2 rings (SSSR count). The van der Waals surface area contributed by atoms with Gasteiger partial charge in [-0.1, -0.05) is 13.0 Å². The monoisotopic (exact) mass is 319 g/mol. The van der Waals surface area contributed by atoms with Crippen LogP contribution in [0.3, 0.4) is 0 Å². The molecule has 0 saturated heterocycles. The highest BCUT2D eigenvalue weighted by Crippen LogP contribution is 2.22. The van der Waals surface area contributed by atoms with E-state index in [-0.39, 0.29) is 18.2 Å². The summed E-state index contributed by atoms with van der Waals surface area (Å²) in [5, 5.41) is 0. The summed E-state index contributed by atoms with van der Waals surface area (Å²) in [6, 6.07) is 10.0. The Morgan fingerprint density at radius 1 is 1.04 bits per heavy atom. The van der Waals surface area contributed by atoms with Gasteiger partial charge in [-0.3, -0.25) is 0 Å². The molecule has 0 unspecified atom stereocenters. The highest BCUT2D eigenvalue weighted by atomic mass is 19.1. The lowest BCUT2D eigenvalue weighted by Gasteiger charge is -2.06. The number of carbonyl (C=O) groups excluding carboxylic acids is 2. The van der Waals surface area contributed by atoms with Crippen molar-refractivity contribution in [3.63, 3.8) is 0 Å². The smallest absolute Gasteiger partial charge is 0.422 e. The van der Waals surface area contributed by atoms with Gasteiger partial charge in [0.05, 0.1) is 6.61 Å². The Morgan fingerprint density at radius 2 is 1.74 bits per heavy atom. The van der Waals surface area contributed by atoms with Gasteiger partial charge in [0.15, 0.2) is 0 Å². The molecule has 23 heavy (non-hydrogen) atoms. The van der Waals surface area contributed by atoms with Crippen LogP contribution in [0.5, 0.6) is 17.4 Å². The van der Waals surface area contributed by atoms with Crippen LogP contribution >= 0.6 is 0 Å². The van der Waals surface area contributed by atoms with Gasteiger partial charge in [0.2, 0.25) is 11.8 Å². The molecule has 0 aliphatic rings. The van der Waals surface area contributed by atoms with E-state index in [9.17, 15) is 14.0 Å². The van der Waals surface area contributed by atoms with E-state index in [2.05, 4.69) is 9.72 Å². The fourth-order valence-electron chi connectivity index (χ4n) is 1.55. The number of hydrogen-bond acceptors (Lipinski definition) is 6. The summed E-state index contributed by atoms with van der Waals surface area (Å²) in [4.78, 5) is 26.3. The van der Waals surface area contributed by atoms with Gasteiger partial charge in [0, 0.05) is 6.07 Å². The summed E-state index contributed by atoms with van der Waals surface area (Å²) in [6.07, 6.45) is 0.610. The number of ether oxygens (including phenoxy) is 3. The van der Waals surface area contributed by atoms with Crippen LogP contribution in [0.15, 0.2) is 42.5 Å². The van der Waals surface area contributed by atoms with Crippen molar-refractivity contribution in [3.8, 4) is 17.4 Å². The van der Waals surface area contributed by atoms with Crippen LogP contribution in [0, 0.1) is 5.95 Å². The van der Waals surface area contributed by atoms with E-state index in [1.54, 1.807) is 0 Å². The first kappa shape index (κ1) is 16.4. The number of benzene rings is 1. The van der Waals surface area contributed by atoms with Crippen molar-refractivity contribution in [3.05, 3.63) is 48.4 Å². The van der Waals surface area contributed by atoms with Crippen LogP contribution in [-0.2, 0) is 14.3 Å². The minimum absolute atomic E-state index is 0.0953. The SMILES string of the molecule is CCCOC(=O)C(=O)Oc1ccc(Oc2cccc(F)n2)cc1. The zero-order valence-electron chi connectivity index (χ0n) is 12.3. The lowest BCUT2D eigenvalue weighted by Crippen LogP contribution is -2.23. The Balaban J connectivity index is 1.94. The van der Waals surface area contributed by atoms with Gasteiger partial charge < -0.3 is 14.2 Å². The highest BCUT2D eigenvalue weighted by molar-refractivity contribution is 6.30. The number of esters is 2. The molecule has 0 atom stereocenters. The Bertz CT molecular complexity index is 687. The maximum absolute atomic E-state index is 12.9. The summed E-state index contributed by atoms with van der Waals surface area (Å²) in [5.74, 6) is -2.17. The van der Waals surface area contributed by atoms with Gasteiger partial charge in [-0.05, 0) is 36.8 Å². The predicted octanol–water partition coefficient (Wildman–Crippen LogP) is 2.87. The zero-order chi connectivity index (χ0) is 16.7. The summed E-state index contributed by atoms with van der Waals surface area (Å²) in [7, 11) is 0. The van der Waals surface area contributed by atoms with Crippen LogP contribution in [0.2, 0.25) is 0 Å². The number of hydrogen-bond donors (Lipinski definition) is 0. The molecule has 0 amide bonds. The average molecular weight is 319 g/mol.